The van der Waals surface area contributed by atoms with Crippen LogP contribution in [0, 0.1) is 11.5 Å². The van der Waals surface area contributed by atoms with Gasteiger partial charge < -0.3 is 0 Å². The molecule has 0 heterocycles. The lowest BCUT2D eigenvalue weighted by molar-refractivity contribution is -0.130. The van der Waals surface area contributed by atoms with E-state index in [1.54, 1.807) is 6.92 Å². The van der Waals surface area contributed by atoms with Crippen molar-refractivity contribution in [3.8, 4) is 11.5 Å². The highest BCUT2D eigenvalue weighted by Crippen LogP contribution is 2.29. The second-order valence-corrected chi connectivity index (χ2v) is 8.20. The van der Waals surface area contributed by atoms with Crippen LogP contribution in [0.1, 0.15) is 27.2 Å². The summed E-state index contributed by atoms with van der Waals surface area (Å²) >= 11 is 0. The Morgan fingerprint density at radius 1 is 1.14 bits per heavy atom. The van der Waals surface area contributed by atoms with E-state index < -0.39 is 20.7 Å². The van der Waals surface area contributed by atoms with E-state index in [9.17, 15) is 13.2 Å². The van der Waals surface area contributed by atoms with E-state index in [1.165, 1.54) is 0 Å². The molecule has 0 rings (SSSR count). The molecule has 0 N–H and O–H groups in total. The van der Waals surface area contributed by atoms with Crippen LogP contribution >= 0.6 is 0 Å². The Labute approximate surface area is 84.9 Å². The molecular weight excluding hydrogens is 205 g/mol. The molecule has 0 bridgehead atoms. The van der Waals surface area contributed by atoms with Crippen molar-refractivity contribution < 1.29 is 13.2 Å². The summed E-state index contributed by atoms with van der Waals surface area (Å²) in [4.78, 5) is 0. The smallest absolute Gasteiger partial charge is 0.171 e. The summed E-state index contributed by atoms with van der Waals surface area (Å²) in [7, 11) is -1.93. The topological polar surface area (TPSA) is 0 Å². The van der Waals surface area contributed by atoms with Gasteiger partial charge in [-0.25, -0.2) is 0 Å². The third-order valence-electron chi connectivity index (χ3n) is 2.63. The Kier molecular flexibility index (Phi) is 5.28. The van der Waals surface area contributed by atoms with Crippen molar-refractivity contribution in [1.29, 1.82) is 0 Å². The normalized spacial score (nSPS) is 12.1. The summed E-state index contributed by atoms with van der Waals surface area (Å²) in [6.07, 6.45) is -4.70. The predicted octanol–water partition coefficient (Wildman–Crippen LogP) is 3.99. The minimum absolute atomic E-state index is 0.254. The van der Waals surface area contributed by atoms with Crippen LogP contribution in [0.15, 0.2) is 0 Å². The van der Waals surface area contributed by atoms with E-state index in [2.05, 4.69) is 11.5 Å². The van der Waals surface area contributed by atoms with Crippen LogP contribution in [-0.2, 0) is 0 Å². The molecule has 0 unspecified atom stereocenters. The fourth-order valence-electron chi connectivity index (χ4n) is 1.49. The highest BCUT2D eigenvalue weighted by molar-refractivity contribution is 6.87. The summed E-state index contributed by atoms with van der Waals surface area (Å²) in [6.45, 7) is 5.62. The van der Waals surface area contributed by atoms with E-state index in [0.29, 0.717) is 0 Å². The zero-order valence-electron chi connectivity index (χ0n) is 8.96. The summed E-state index contributed by atoms with van der Waals surface area (Å²) in [5.74, 6) is 2.79. The molecule has 0 saturated heterocycles. The molecule has 0 fully saturated rings. The second kappa shape index (κ2) is 5.45. The van der Waals surface area contributed by atoms with Crippen LogP contribution in [-0.4, -0.2) is 14.3 Å². The average Bonchev–Trinajstić information content (AvgIpc) is 2.11. The Balaban J connectivity index is 4.42. The molecule has 0 aliphatic heterocycles. The molecule has 0 saturated carbocycles. The predicted molar refractivity (Wildman–Crippen MR) is 55.6 cm³/mol. The molecule has 0 aliphatic carbocycles. The largest absolute Gasteiger partial charge is 0.388 e. The Morgan fingerprint density at radius 3 is 1.93 bits per heavy atom. The molecule has 0 aromatic heterocycles. The number of halogens is 3. The molecular formula is C10H17F3Si. The highest BCUT2D eigenvalue weighted by atomic mass is 28.3. The number of hydrogen-bond donors (Lipinski definition) is 0. The monoisotopic (exact) mass is 222 g/mol. The van der Waals surface area contributed by atoms with E-state index in [0.717, 1.165) is 12.1 Å². The molecule has 0 aromatic carbocycles. The van der Waals surface area contributed by atoms with Gasteiger partial charge in [-0.2, -0.15) is 13.2 Å². The minimum Gasteiger partial charge on any atom is -0.171 e. The van der Waals surface area contributed by atoms with Crippen LogP contribution < -0.4 is 0 Å². The van der Waals surface area contributed by atoms with Crippen LogP contribution in [0.25, 0.3) is 0 Å². The lowest BCUT2D eigenvalue weighted by atomic mass is 10.5. The van der Waals surface area contributed by atoms with Crippen molar-refractivity contribution in [2.45, 2.75) is 51.5 Å². The van der Waals surface area contributed by atoms with Gasteiger partial charge in [0.15, 0.2) is 0 Å². The van der Waals surface area contributed by atoms with Gasteiger partial charge in [0.2, 0.25) is 0 Å². The second-order valence-electron chi connectivity index (χ2n) is 3.48. The SMILES string of the molecule is CC#C[Si](CC)(CC)CCC(F)(F)F. The van der Waals surface area contributed by atoms with E-state index in [1.807, 2.05) is 13.8 Å². The van der Waals surface area contributed by atoms with Crippen molar-refractivity contribution in [1.82, 2.24) is 0 Å². The lowest BCUT2D eigenvalue weighted by Gasteiger charge is -2.23. The number of hydrogen-bond acceptors (Lipinski definition) is 0. The molecule has 0 nitrogen and oxygen atoms in total. The van der Waals surface area contributed by atoms with Gasteiger partial charge >= 0.3 is 6.18 Å². The van der Waals surface area contributed by atoms with Gasteiger partial charge in [-0.1, -0.05) is 13.8 Å². The van der Waals surface area contributed by atoms with E-state index in [-0.39, 0.29) is 6.04 Å². The molecule has 0 amide bonds. The third-order valence-corrected chi connectivity index (χ3v) is 7.33. The van der Waals surface area contributed by atoms with Crippen LogP contribution in [0.3, 0.4) is 0 Å². The minimum atomic E-state index is -4.03. The van der Waals surface area contributed by atoms with Crippen molar-refractivity contribution >= 4 is 8.07 Å². The van der Waals surface area contributed by atoms with Gasteiger partial charge in [0.05, 0.1) is 0 Å². The summed E-state index contributed by atoms with van der Waals surface area (Å²) < 4.78 is 36.2. The van der Waals surface area contributed by atoms with Gasteiger partial charge in [0, 0.05) is 6.42 Å². The first-order valence-corrected chi connectivity index (χ1v) is 7.52. The molecule has 4 heteroatoms. The van der Waals surface area contributed by atoms with Crippen molar-refractivity contribution in [3.05, 3.63) is 0 Å². The van der Waals surface area contributed by atoms with Crippen molar-refractivity contribution in [2.24, 2.45) is 0 Å². The molecule has 0 radical (unpaired) electrons. The first-order valence-electron chi connectivity index (χ1n) is 4.90. The Morgan fingerprint density at radius 2 is 1.64 bits per heavy atom. The molecule has 0 atom stereocenters. The van der Waals surface area contributed by atoms with Crippen LogP contribution in [0.4, 0.5) is 13.2 Å². The zero-order chi connectivity index (χ0) is 11.2. The molecule has 0 spiro atoms. The molecule has 0 aromatic rings. The van der Waals surface area contributed by atoms with Crippen LogP contribution in [0.2, 0.25) is 18.1 Å². The average molecular weight is 222 g/mol. The first kappa shape index (κ1) is 13.6. The van der Waals surface area contributed by atoms with Crippen molar-refractivity contribution in [2.75, 3.05) is 0 Å². The maximum atomic E-state index is 12.1. The van der Waals surface area contributed by atoms with Gasteiger partial charge in [-0.15, -0.1) is 11.5 Å². The maximum absolute atomic E-state index is 12.1. The molecule has 0 aliphatic rings. The lowest BCUT2D eigenvalue weighted by Crippen LogP contribution is -2.32. The fourth-order valence-corrected chi connectivity index (χ4v) is 4.47. The number of alkyl halides is 3. The standard InChI is InChI=1S/C10H17F3Si/c1-4-8-14(5-2,6-3)9-7-10(11,12)13/h5-7,9H2,1-3H3. The summed E-state index contributed by atoms with van der Waals surface area (Å²) in [6, 6.07) is 1.89. The van der Waals surface area contributed by atoms with Crippen molar-refractivity contribution in [3.63, 3.8) is 0 Å². The quantitative estimate of drug-likeness (QED) is 0.498. The van der Waals surface area contributed by atoms with E-state index in [4.69, 9.17) is 0 Å². The maximum Gasteiger partial charge on any atom is 0.388 e. The Bertz CT molecular complexity index is 218. The molecule has 14 heavy (non-hydrogen) atoms. The fraction of sp³-hybridized carbons (Fsp3) is 0.800. The zero-order valence-corrected chi connectivity index (χ0v) is 9.96. The summed E-state index contributed by atoms with van der Waals surface area (Å²) in [5.41, 5.74) is 3.06. The third kappa shape index (κ3) is 4.71. The van der Waals surface area contributed by atoms with Gasteiger partial charge in [-0.3, -0.25) is 0 Å². The van der Waals surface area contributed by atoms with Crippen LogP contribution in [0.5, 0.6) is 0 Å². The van der Waals surface area contributed by atoms with Gasteiger partial charge in [-0.05, 0) is 25.1 Å². The first-order chi connectivity index (χ1) is 6.39. The Hall–Kier alpha value is -0.433. The molecule has 82 valence electrons. The van der Waals surface area contributed by atoms with Gasteiger partial charge in [0.25, 0.3) is 0 Å². The van der Waals surface area contributed by atoms with E-state index >= 15 is 0 Å². The highest BCUT2D eigenvalue weighted by Gasteiger charge is 2.34. The van der Waals surface area contributed by atoms with Gasteiger partial charge in [0.1, 0.15) is 8.07 Å². The summed E-state index contributed by atoms with van der Waals surface area (Å²) in [5, 5.41) is 0. The number of rotatable bonds is 4.